The zero-order chi connectivity index (χ0) is 16.0. The van der Waals surface area contributed by atoms with Crippen LogP contribution in [-0.4, -0.2) is 45.0 Å². The molecular formula is C15H24O5Si. The Morgan fingerprint density at radius 2 is 2.00 bits per heavy atom. The van der Waals surface area contributed by atoms with E-state index >= 15 is 0 Å². The summed E-state index contributed by atoms with van der Waals surface area (Å²) < 4.78 is 16.6. The summed E-state index contributed by atoms with van der Waals surface area (Å²) in [6, 6.07) is 0. The molecule has 6 heteroatoms. The number of ether oxygens (including phenoxy) is 2. The summed E-state index contributed by atoms with van der Waals surface area (Å²) in [5.74, 6) is -0.411. The first kappa shape index (κ1) is 16.4. The maximum Gasteiger partial charge on any atom is 0.303 e. The van der Waals surface area contributed by atoms with E-state index in [1.807, 2.05) is 0 Å². The molecule has 1 aliphatic heterocycles. The van der Waals surface area contributed by atoms with Gasteiger partial charge in [-0.05, 0) is 24.2 Å². The molecule has 1 fully saturated rings. The lowest BCUT2D eigenvalue weighted by Crippen LogP contribution is -2.42. The van der Waals surface area contributed by atoms with Crippen molar-refractivity contribution in [3.63, 3.8) is 0 Å². The van der Waals surface area contributed by atoms with E-state index in [4.69, 9.17) is 13.9 Å². The Balaban J connectivity index is 2.06. The van der Waals surface area contributed by atoms with Crippen molar-refractivity contribution in [2.45, 2.75) is 64.1 Å². The second kappa shape index (κ2) is 5.33. The molecule has 5 nitrogen and oxygen atoms in total. The lowest BCUT2D eigenvalue weighted by atomic mass is 9.96. The van der Waals surface area contributed by atoms with Gasteiger partial charge in [0.25, 0.3) is 0 Å². The van der Waals surface area contributed by atoms with E-state index < -0.39 is 20.5 Å². The van der Waals surface area contributed by atoms with Crippen molar-refractivity contribution < 1.29 is 23.5 Å². The van der Waals surface area contributed by atoms with Crippen molar-refractivity contribution in [2.24, 2.45) is 0 Å². The van der Waals surface area contributed by atoms with Gasteiger partial charge < -0.3 is 13.9 Å². The molecule has 0 amide bonds. The fourth-order valence-electron chi connectivity index (χ4n) is 2.03. The Morgan fingerprint density at radius 1 is 1.38 bits per heavy atom. The Labute approximate surface area is 126 Å². The molecule has 0 aromatic rings. The Bertz CT molecular complexity index is 489. The van der Waals surface area contributed by atoms with E-state index in [-0.39, 0.29) is 29.5 Å². The van der Waals surface area contributed by atoms with Gasteiger partial charge in [0.1, 0.15) is 12.2 Å². The number of fused-ring (bicyclic) bond motifs is 1. The van der Waals surface area contributed by atoms with Gasteiger partial charge in [-0.15, -0.1) is 0 Å². The number of Topliss-reactive ketones (excluding diaryl/α,β-unsaturated/α-hetero) is 1. The van der Waals surface area contributed by atoms with Crippen LogP contribution in [0.4, 0.5) is 0 Å². The van der Waals surface area contributed by atoms with Crippen LogP contribution in [-0.2, 0) is 23.5 Å². The van der Waals surface area contributed by atoms with Crippen molar-refractivity contribution in [2.75, 3.05) is 6.61 Å². The molecule has 0 unspecified atom stereocenters. The van der Waals surface area contributed by atoms with Gasteiger partial charge >= 0.3 is 5.97 Å². The minimum atomic E-state index is -1.92. The summed E-state index contributed by atoms with van der Waals surface area (Å²) in [5, 5.41) is 0.0825. The van der Waals surface area contributed by atoms with Gasteiger partial charge in [-0.25, -0.2) is 0 Å². The molecule has 0 aromatic carbocycles. The Morgan fingerprint density at radius 3 is 2.52 bits per heavy atom. The average molecular weight is 312 g/mol. The van der Waals surface area contributed by atoms with Crippen LogP contribution < -0.4 is 0 Å². The van der Waals surface area contributed by atoms with Crippen LogP contribution in [0.3, 0.4) is 0 Å². The number of carbonyl (C=O) groups is 2. The van der Waals surface area contributed by atoms with Crippen molar-refractivity contribution in [3.8, 4) is 0 Å². The number of esters is 1. The highest BCUT2D eigenvalue weighted by Gasteiger charge is 2.54. The minimum Gasteiger partial charge on any atom is -0.455 e. The first-order valence-corrected chi connectivity index (χ1v) is 10.2. The normalized spacial score (nSPS) is 28.8. The highest BCUT2D eigenvalue weighted by atomic mass is 28.4. The number of hydrogen-bond donors (Lipinski definition) is 0. The van der Waals surface area contributed by atoms with Gasteiger partial charge in [0, 0.05) is 12.5 Å². The number of hydrogen-bond acceptors (Lipinski definition) is 5. The SMILES string of the molecule is CC(=O)O[C@H]1C=C(CO[Si](C)(C)C(C)(C)C)C(=O)[C@@H]2O[C@H]12. The van der Waals surface area contributed by atoms with Crippen molar-refractivity contribution in [1.82, 2.24) is 0 Å². The molecule has 0 radical (unpaired) electrons. The van der Waals surface area contributed by atoms with Crippen LogP contribution in [0, 0.1) is 0 Å². The molecule has 0 N–H and O–H groups in total. The summed E-state index contributed by atoms with van der Waals surface area (Å²) in [6.45, 7) is 12.3. The standard InChI is InChI=1S/C15H24O5Si/c1-9(16)19-11-7-10(12(17)14-13(11)20-14)8-18-21(5,6)15(2,3)4/h7,11,13-14H,8H2,1-6H3/t11-,13+,14-/m0/s1. The fourth-order valence-corrected chi connectivity index (χ4v) is 2.98. The van der Waals surface area contributed by atoms with Gasteiger partial charge in [0.2, 0.25) is 0 Å². The smallest absolute Gasteiger partial charge is 0.303 e. The van der Waals surface area contributed by atoms with E-state index in [9.17, 15) is 9.59 Å². The van der Waals surface area contributed by atoms with Crippen molar-refractivity contribution in [1.29, 1.82) is 0 Å². The zero-order valence-electron chi connectivity index (χ0n) is 13.6. The number of ketones is 1. The van der Waals surface area contributed by atoms with E-state index in [0.29, 0.717) is 5.57 Å². The molecule has 1 heterocycles. The van der Waals surface area contributed by atoms with Crippen LogP contribution in [0.5, 0.6) is 0 Å². The molecule has 2 aliphatic rings. The topological polar surface area (TPSA) is 65.1 Å². The molecule has 0 spiro atoms. The highest BCUT2D eigenvalue weighted by molar-refractivity contribution is 6.74. The van der Waals surface area contributed by atoms with Gasteiger partial charge in [0.15, 0.2) is 20.2 Å². The monoisotopic (exact) mass is 312 g/mol. The van der Waals surface area contributed by atoms with Crippen LogP contribution in [0.1, 0.15) is 27.7 Å². The summed E-state index contributed by atoms with van der Waals surface area (Å²) in [5.41, 5.74) is 0.560. The summed E-state index contributed by atoms with van der Waals surface area (Å²) in [7, 11) is -1.92. The quantitative estimate of drug-likeness (QED) is 0.452. The molecule has 0 aromatic heterocycles. The first-order valence-electron chi connectivity index (χ1n) is 7.24. The Hall–Kier alpha value is -0.983. The molecular weight excluding hydrogens is 288 g/mol. The van der Waals surface area contributed by atoms with E-state index in [0.717, 1.165) is 0 Å². The molecule has 0 saturated carbocycles. The van der Waals surface area contributed by atoms with Crippen LogP contribution in [0.15, 0.2) is 11.6 Å². The fraction of sp³-hybridized carbons (Fsp3) is 0.733. The molecule has 1 saturated heterocycles. The van der Waals surface area contributed by atoms with Crippen molar-refractivity contribution in [3.05, 3.63) is 11.6 Å². The minimum absolute atomic E-state index is 0.0397. The average Bonchev–Trinajstić information content (AvgIpc) is 3.09. The summed E-state index contributed by atoms with van der Waals surface area (Å²) in [6.07, 6.45) is 0.448. The number of carbonyl (C=O) groups excluding carboxylic acids is 2. The second-order valence-electron chi connectivity index (χ2n) is 7.20. The predicted molar refractivity (Wildman–Crippen MR) is 80.5 cm³/mol. The lowest BCUT2D eigenvalue weighted by Gasteiger charge is -2.36. The van der Waals surface area contributed by atoms with Gasteiger partial charge in [-0.2, -0.15) is 0 Å². The van der Waals surface area contributed by atoms with Crippen LogP contribution >= 0.6 is 0 Å². The number of epoxide rings is 1. The molecule has 118 valence electrons. The van der Waals surface area contributed by atoms with Gasteiger partial charge in [-0.1, -0.05) is 20.8 Å². The number of rotatable bonds is 4. The molecule has 21 heavy (non-hydrogen) atoms. The van der Waals surface area contributed by atoms with E-state index in [1.165, 1.54) is 6.92 Å². The van der Waals surface area contributed by atoms with E-state index in [1.54, 1.807) is 6.08 Å². The van der Waals surface area contributed by atoms with Crippen LogP contribution in [0.25, 0.3) is 0 Å². The van der Waals surface area contributed by atoms with Crippen LogP contribution in [0.2, 0.25) is 18.1 Å². The third kappa shape index (κ3) is 3.44. The first-order chi connectivity index (χ1) is 9.53. The largest absolute Gasteiger partial charge is 0.455 e. The second-order valence-corrected chi connectivity index (χ2v) is 12.0. The molecule has 3 atom stereocenters. The van der Waals surface area contributed by atoms with Gasteiger partial charge in [0.05, 0.1) is 6.61 Å². The summed E-state index contributed by atoms with van der Waals surface area (Å²) >= 11 is 0. The summed E-state index contributed by atoms with van der Waals surface area (Å²) in [4.78, 5) is 23.3. The Kier molecular flexibility index (Phi) is 4.16. The predicted octanol–water partition coefficient (Wildman–Crippen LogP) is 2.22. The van der Waals surface area contributed by atoms with Gasteiger partial charge in [-0.3, -0.25) is 9.59 Å². The third-order valence-corrected chi connectivity index (χ3v) is 8.96. The highest BCUT2D eigenvalue weighted by Crippen LogP contribution is 2.39. The molecule has 2 rings (SSSR count). The van der Waals surface area contributed by atoms with Crippen molar-refractivity contribution >= 4 is 20.1 Å². The lowest BCUT2D eigenvalue weighted by molar-refractivity contribution is -0.145. The third-order valence-electron chi connectivity index (χ3n) is 4.49. The maximum atomic E-state index is 12.2. The maximum absolute atomic E-state index is 12.2. The molecule has 0 bridgehead atoms. The molecule has 1 aliphatic carbocycles. The zero-order valence-corrected chi connectivity index (χ0v) is 14.6. The van der Waals surface area contributed by atoms with E-state index in [2.05, 4.69) is 33.9 Å².